The number of hydrogen-bond acceptors (Lipinski definition) is 2. The summed E-state index contributed by atoms with van der Waals surface area (Å²) < 4.78 is 53.0. The molecule has 0 aliphatic heterocycles. The van der Waals surface area contributed by atoms with E-state index in [1.807, 2.05) is 0 Å². The van der Waals surface area contributed by atoms with E-state index in [9.17, 15) is 17.2 Å². The SMILES string of the molecule is Cc1cc(F)ccc1NS(=O)(=O)c1ccc(Cl)cc1F. The van der Waals surface area contributed by atoms with Gasteiger partial charge in [-0.05, 0) is 48.9 Å². The summed E-state index contributed by atoms with van der Waals surface area (Å²) in [6.07, 6.45) is 0. The van der Waals surface area contributed by atoms with E-state index in [1.54, 1.807) is 6.92 Å². The van der Waals surface area contributed by atoms with Crippen molar-refractivity contribution in [2.75, 3.05) is 4.72 Å². The third kappa shape index (κ3) is 3.08. The van der Waals surface area contributed by atoms with Gasteiger partial charge in [0.15, 0.2) is 0 Å². The van der Waals surface area contributed by atoms with Crippen LogP contribution in [0.3, 0.4) is 0 Å². The molecule has 20 heavy (non-hydrogen) atoms. The lowest BCUT2D eigenvalue weighted by atomic mass is 10.2. The second kappa shape index (κ2) is 5.38. The van der Waals surface area contributed by atoms with Gasteiger partial charge in [0, 0.05) is 5.02 Å². The number of hydrogen-bond donors (Lipinski definition) is 1. The Bertz CT molecular complexity index is 763. The van der Waals surface area contributed by atoms with Crippen LogP contribution in [0.15, 0.2) is 41.3 Å². The molecule has 0 aliphatic carbocycles. The number of nitrogens with one attached hydrogen (secondary N) is 1. The number of benzene rings is 2. The molecule has 0 saturated heterocycles. The summed E-state index contributed by atoms with van der Waals surface area (Å²) in [6.45, 7) is 1.54. The molecule has 0 aromatic heterocycles. The molecule has 0 amide bonds. The quantitative estimate of drug-likeness (QED) is 0.937. The normalized spacial score (nSPS) is 11.4. The van der Waals surface area contributed by atoms with Crippen LogP contribution in [-0.4, -0.2) is 8.42 Å². The molecule has 7 heteroatoms. The van der Waals surface area contributed by atoms with Gasteiger partial charge in [-0.25, -0.2) is 17.2 Å². The zero-order valence-electron chi connectivity index (χ0n) is 10.3. The second-order valence-corrected chi connectivity index (χ2v) is 6.23. The predicted octanol–water partition coefficient (Wildman–Crippen LogP) is 3.73. The van der Waals surface area contributed by atoms with Gasteiger partial charge < -0.3 is 0 Å². The summed E-state index contributed by atoms with van der Waals surface area (Å²) in [6, 6.07) is 6.82. The Morgan fingerprint density at radius 2 is 1.80 bits per heavy atom. The molecule has 2 aromatic rings. The lowest BCUT2D eigenvalue weighted by molar-refractivity contribution is 0.570. The molecule has 2 aromatic carbocycles. The Labute approximate surface area is 120 Å². The van der Waals surface area contributed by atoms with Gasteiger partial charge in [-0.1, -0.05) is 11.6 Å². The van der Waals surface area contributed by atoms with E-state index < -0.39 is 26.6 Å². The van der Waals surface area contributed by atoms with Gasteiger partial charge in [0.2, 0.25) is 0 Å². The van der Waals surface area contributed by atoms with Gasteiger partial charge in [-0.15, -0.1) is 0 Å². The number of rotatable bonds is 3. The summed E-state index contributed by atoms with van der Waals surface area (Å²) in [5.41, 5.74) is 0.573. The molecule has 0 unspecified atom stereocenters. The fourth-order valence-corrected chi connectivity index (χ4v) is 2.98. The molecule has 0 aliphatic rings. The van der Waals surface area contributed by atoms with Gasteiger partial charge in [-0.2, -0.15) is 0 Å². The first-order chi connectivity index (χ1) is 9.29. The molecular weight excluding hydrogens is 308 g/mol. The average Bonchev–Trinajstić information content (AvgIpc) is 2.32. The van der Waals surface area contributed by atoms with E-state index in [1.165, 1.54) is 18.2 Å². The predicted molar refractivity (Wildman–Crippen MR) is 73.4 cm³/mol. The van der Waals surface area contributed by atoms with Crippen LogP contribution < -0.4 is 4.72 Å². The van der Waals surface area contributed by atoms with E-state index in [0.717, 1.165) is 18.2 Å². The highest BCUT2D eigenvalue weighted by atomic mass is 35.5. The van der Waals surface area contributed by atoms with Gasteiger partial charge in [0.05, 0.1) is 5.69 Å². The fraction of sp³-hybridized carbons (Fsp3) is 0.0769. The first kappa shape index (κ1) is 14.7. The van der Waals surface area contributed by atoms with E-state index in [4.69, 9.17) is 11.6 Å². The van der Waals surface area contributed by atoms with Crippen LogP contribution in [0.5, 0.6) is 0 Å². The standard InChI is InChI=1S/C13H10ClF2NO2S/c1-8-6-10(15)3-4-12(8)17-20(18,19)13-5-2-9(14)7-11(13)16/h2-7,17H,1H3. The maximum absolute atomic E-state index is 13.6. The Kier molecular flexibility index (Phi) is 3.96. The minimum absolute atomic E-state index is 0.0967. The monoisotopic (exact) mass is 317 g/mol. The summed E-state index contributed by atoms with van der Waals surface area (Å²) >= 11 is 5.57. The van der Waals surface area contributed by atoms with Crippen LogP contribution in [0, 0.1) is 18.6 Å². The maximum Gasteiger partial charge on any atom is 0.264 e. The van der Waals surface area contributed by atoms with E-state index >= 15 is 0 Å². The summed E-state index contributed by atoms with van der Waals surface area (Å²) in [4.78, 5) is -0.523. The molecule has 0 radical (unpaired) electrons. The van der Waals surface area contributed by atoms with Crippen molar-refractivity contribution >= 4 is 27.3 Å². The van der Waals surface area contributed by atoms with Crippen molar-refractivity contribution in [2.45, 2.75) is 11.8 Å². The smallest absolute Gasteiger partial charge is 0.264 e. The van der Waals surface area contributed by atoms with Gasteiger partial charge in [-0.3, -0.25) is 4.72 Å². The Hall–Kier alpha value is -1.66. The maximum atomic E-state index is 13.6. The van der Waals surface area contributed by atoms with Crippen LogP contribution in [-0.2, 0) is 10.0 Å². The molecule has 2 rings (SSSR count). The van der Waals surface area contributed by atoms with Crippen molar-refractivity contribution in [2.24, 2.45) is 0 Å². The van der Waals surface area contributed by atoms with Crippen LogP contribution >= 0.6 is 11.6 Å². The highest BCUT2D eigenvalue weighted by Gasteiger charge is 2.20. The lowest BCUT2D eigenvalue weighted by Gasteiger charge is -2.11. The third-order valence-corrected chi connectivity index (χ3v) is 4.25. The summed E-state index contributed by atoms with van der Waals surface area (Å²) in [5.74, 6) is -1.44. The van der Waals surface area contributed by atoms with Crippen LogP contribution in [0.4, 0.5) is 14.5 Å². The van der Waals surface area contributed by atoms with Crippen molar-refractivity contribution in [3.05, 3.63) is 58.6 Å². The Morgan fingerprint density at radius 1 is 1.10 bits per heavy atom. The molecule has 0 bridgehead atoms. The van der Waals surface area contributed by atoms with Crippen molar-refractivity contribution in [1.82, 2.24) is 0 Å². The minimum atomic E-state index is -4.10. The van der Waals surface area contributed by atoms with Gasteiger partial charge in [0.1, 0.15) is 16.5 Å². The minimum Gasteiger partial charge on any atom is -0.279 e. The van der Waals surface area contributed by atoms with Gasteiger partial charge >= 0.3 is 0 Å². The molecule has 0 spiro atoms. The highest BCUT2D eigenvalue weighted by molar-refractivity contribution is 7.92. The van der Waals surface area contributed by atoms with Crippen LogP contribution in [0.25, 0.3) is 0 Å². The van der Waals surface area contributed by atoms with Crippen LogP contribution in [0.2, 0.25) is 5.02 Å². The molecule has 106 valence electrons. The van der Waals surface area contributed by atoms with Crippen molar-refractivity contribution in [3.8, 4) is 0 Å². The number of aryl methyl sites for hydroxylation is 1. The van der Waals surface area contributed by atoms with E-state index in [-0.39, 0.29) is 10.7 Å². The molecule has 0 fully saturated rings. The summed E-state index contributed by atoms with van der Waals surface area (Å²) in [7, 11) is -4.10. The molecule has 1 N–H and O–H groups in total. The molecule has 0 heterocycles. The van der Waals surface area contributed by atoms with Crippen molar-refractivity contribution < 1.29 is 17.2 Å². The highest BCUT2D eigenvalue weighted by Crippen LogP contribution is 2.23. The molecule has 0 atom stereocenters. The molecule has 3 nitrogen and oxygen atoms in total. The lowest BCUT2D eigenvalue weighted by Crippen LogP contribution is -2.15. The summed E-state index contributed by atoms with van der Waals surface area (Å²) in [5, 5.41) is 0.0967. The number of halogens is 3. The topological polar surface area (TPSA) is 46.2 Å². The zero-order valence-corrected chi connectivity index (χ0v) is 11.9. The van der Waals surface area contributed by atoms with Crippen LogP contribution in [0.1, 0.15) is 5.56 Å². The van der Waals surface area contributed by atoms with Crippen molar-refractivity contribution in [1.29, 1.82) is 0 Å². The number of anilines is 1. The van der Waals surface area contributed by atoms with E-state index in [2.05, 4.69) is 4.72 Å². The van der Waals surface area contributed by atoms with Gasteiger partial charge in [0.25, 0.3) is 10.0 Å². The largest absolute Gasteiger partial charge is 0.279 e. The third-order valence-electron chi connectivity index (χ3n) is 2.62. The first-order valence-corrected chi connectivity index (χ1v) is 7.40. The van der Waals surface area contributed by atoms with E-state index in [0.29, 0.717) is 5.56 Å². The second-order valence-electron chi connectivity index (χ2n) is 4.14. The zero-order chi connectivity index (χ0) is 14.9. The fourth-order valence-electron chi connectivity index (χ4n) is 1.63. The molecule has 0 saturated carbocycles. The van der Waals surface area contributed by atoms with Crippen molar-refractivity contribution in [3.63, 3.8) is 0 Å². The molecular formula is C13H10ClF2NO2S. The number of sulfonamides is 1. The first-order valence-electron chi connectivity index (χ1n) is 5.53. The Morgan fingerprint density at radius 3 is 2.40 bits per heavy atom. The Balaban J connectivity index is 2.41. The average molecular weight is 318 g/mol.